The first-order valence-corrected chi connectivity index (χ1v) is 8.54. The van der Waals surface area contributed by atoms with Gasteiger partial charge in [0, 0.05) is 38.9 Å². The van der Waals surface area contributed by atoms with Crippen molar-refractivity contribution in [2.24, 2.45) is 0 Å². The molecule has 0 atom stereocenters. The Balaban J connectivity index is 1.47. The number of aromatic nitrogens is 1. The van der Waals surface area contributed by atoms with Gasteiger partial charge in [0.1, 0.15) is 11.6 Å². The lowest BCUT2D eigenvalue weighted by molar-refractivity contribution is 0.179. The summed E-state index contributed by atoms with van der Waals surface area (Å²) in [6.07, 6.45) is 3.63. The van der Waals surface area contributed by atoms with Crippen LogP contribution in [-0.2, 0) is 6.54 Å². The van der Waals surface area contributed by atoms with E-state index in [9.17, 15) is 9.18 Å². The third kappa shape index (κ3) is 4.47. The van der Waals surface area contributed by atoms with Gasteiger partial charge in [-0.2, -0.15) is 0 Å². The first kappa shape index (κ1) is 17.2. The van der Waals surface area contributed by atoms with Crippen LogP contribution >= 0.6 is 0 Å². The summed E-state index contributed by atoms with van der Waals surface area (Å²) in [5.41, 5.74) is 0.883. The molecule has 0 radical (unpaired) electrons. The number of nitrogens with zero attached hydrogens (tertiary/aromatic N) is 3. The van der Waals surface area contributed by atoms with Crippen LogP contribution < -0.4 is 10.2 Å². The lowest BCUT2D eigenvalue weighted by Gasteiger charge is -2.37. The summed E-state index contributed by atoms with van der Waals surface area (Å²) < 4.78 is 12.9. The minimum absolute atomic E-state index is 0.0967. The van der Waals surface area contributed by atoms with E-state index < -0.39 is 0 Å². The molecule has 1 N–H and O–H groups in total. The number of carbonyl (C=O) groups excluding carboxylic acids is 1. The maximum atomic E-state index is 12.9. The number of pyridine rings is 1. The summed E-state index contributed by atoms with van der Waals surface area (Å²) in [6, 6.07) is 12.2. The molecule has 132 valence electrons. The second-order valence-electron chi connectivity index (χ2n) is 6.30. The Morgan fingerprint density at radius 3 is 2.60 bits per heavy atom. The quantitative estimate of drug-likeness (QED) is 0.929. The smallest absolute Gasteiger partial charge is 0.317 e. The highest BCUT2D eigenvalue weighted by molar-refractivity contribution is 5.74. The van der Waals surface area contributed by atoms with Crippen LogP contribution in [0.15, 0.2) is 48.7 Å². The fourth-order valence-electron chi connectivity index (χ4n) is 3.09. The van der Waals surface area contributed by atoms with Gasteiger partial charge in [-0.25, -0.2) is 14.2 Å². The summed E-state index contributed by atoms with van der Waals surface area (Å²) in [5, 5.41) is 2.90. The van der Waals surface area contributed by atoms with E-state index >= 15 is 0 Å². The van der Waals surface area contributed by atoms with Gasteiger partial charge < -0.3 is 15.1 Å². The van der Waals surface area contributed by atoms with Gasteiger partial charge in [-0.1, -0.05) is 18.2 Å². The summed E-state index contributed by atoms with van der Waals surface area (Å²) >= 11 is 0. The van der Waals surface area contributed by atoms with Crippen LogP contribution in [-0.4, -0.2) is 42.1 Å². The van der Waals surface area contributed by atoms with E-state index in [0.717, 1.165) is 37.3 Å². The van der Waals surface area contributed by atoms with E-state index in [0.29, 0.717) is 6.54 Å². The molecule has 1 aromatic heterocycles. The molecule has 1 aromatic carbocycles. The molecule has 5 nitrogen and oxygen atoms in total. The molecular formula is C19H23FN4O. The van der Waals surface area contributed by atoms with Crippen molar-refractivity contribution in [2.75, 3.05) is 25.0 Å². The molecule has 1 aliphatic rings. The highest BCUT2D eigenvalue weighted by Gasteiger charge is 2.25. The summed E-state index contributed by atoms with van der Waals surface area (Å²) in [6.45, 7) is 2.17. The molecule has 0 saturated carbocycles. The standard InChI is InChI=1S/C19H23FN4O/c1-23(19(25)22-14-15-5-7-16(20)8-6-15)17-9-12-24(13-10-17)18-4-2-3-11-21-18/h2-8,11,17H,9-10,12-14H2,1H3,(H,22,25). The van der Waals surface area contributed by atoms with Crippen molar-refractivity contribution >= 4 is 11.8 Å². The molecular weight excluding hydrogens is 319 g/mol. The predicted octanol–water partition coefficient (Wildman–Crippen LogP) is 3.03. The minimum atomic E-state index is -0.271. The fraction of sp³-hybridized carbons (Fsp3) is 0.368. The van der Waals surface area contributed by atoms with E-state index in [1.165, 1.54) is 12.1 Å². The van der Waals surface area contributed by atoms with Crippen LogP contribution in [0.4, 0.5) is 15.0 Å². The molecule has 0 aliphatic carbocycles. The molecule has 3 rings (SSSR count). The summed E-state index contributed by atoms with van der Waals surface area (Å²) in [7, 11) is 1.83. The highest BCUT2D eigenvalue weighted by atomic mass is 19.1. The zero-order valence-corrected chi connectivity index (χ0v) is 14.4. The van der Waals surface area contributed by atoms with E-state index in [2.05, 4.69) is 15.2 Å². The molecule has 0 bridgehead atoms. The number of amides is 2. The molecule has 25 heavy (non-hydrogen) atoms. The molecule has 2 aromatic rings. The van der Waals surface area contributed by atoms with Gasteiger partial charge in [-0.3, -0.25) is 0 Å². The van der Waals surface area contributed by atoms with Crippen molar-refractivity contribution in [3.8, 4) is 0 Å². The Labute approximate surface area is 147 Å². The number of anilines is 1. The van der Waals surface area contributed by atoms with Crippen LogP contribution in [0, 0.1) is 5.82 Å². The Hall–Kier alpha value is -2.63. The highest BCUT2D eigenvalue weighted by Crippen LogP contribution is 2.20. The van der Waals surface area contributed by atoms with Crippen molar-refractivity contribution in [1.29, 1.82) is 0 Å². The predicted molar refractivity (Wildman–Crippen MR) is 95.9 cm³/mol. The van der Waals surface area contributed by atoms with Crippen LogP contribution in [0.25, 0.3) is 0 Å². The largest absolute Gasteiger partial charge is 0.356 e. The molecule has 1 fully saturated rings. The Morgan fingerprint density at radius 1 is 1.24 bits per heavy atom. The molecule has 0 spiro atoms. The average molecular weight is 342 g/mol. The third-order valence-electron chi connectivity index (χ3n) is 4.66. The van der Waals surface area contributed by atoms with Gasteiger partial charge in [0.15, 0.2) is 0 Å². The van der Waals surface area contributed by atoms with Gasteiger partial charge in [0.25, 0.3) is 0 Å². The number of carbonyl (C=O) groups is 1. The second-order valence-corrected chi connectivity index (χ2v) is 6.30. The van der Waals surface area contributed by atoms with Gasteiger partial charge in [0.05, 0.1) is 0 Å². The Kier molecular flexibility index (Phi) is 5.48. The number of hydrogen-bond donors (Lipinski definition) is 1. The molecule has 2 heterocycles. The number of piperidine rings is 1. The first-order valence-electron chi connectivity index (χ1n) is 8.54. The molecule has 2 amide bonds. The Morgan fingerprint density at radius 2 is 1.96 bits per heavy atom. The van der Waals surface area contributed by atoms with E-state index in [-0.39, 0.29) is 17.9 Å². The first-order chi connectivity index (χ1) is 12.1. The summed E-state index contributed by atoms with van der Waals surface area (Å²) in [4.78, 5) is 20.8. The topological polar surface area (TPSA) is 48.5 Å². The van der Waals surface area contributed by atoms with Crippen LogP contribution in [0.3, 0.4) is 0 Å². The number of hydrogen-bond acceptors (Lipinski definition) is 3. The van der Waals surface area contributed by atoms with Crippen LogP contribution in [0.1, 0.15) is 18.4 Å². The molecule has 1 aliphatic heterocycles. The van der Waals surface area contributed by atoms with Crippen molar-refractivity contribution in [3.63, 3.8) is 0 Å². The number of halogens is 1. The van der Waals surface area contributed by atoms with Crippen LogP contribution in [0.2, 0.25) is 0 Å². The SMILES string of the molecule is CN(C(=O)NCc1ccc(F)cc1)C1CCN(c2ccccn2)CC1. The van der Waals surface area contributed by atoms with E-state index in [1.54, 1.807) is 23.2 Å². The Bertz CT molecular complexity index is 684. The number of nitrogens with one attached hydrogen (secondary N) is 1. The maximum absolute atomic E-state index is 12.9. The molecule has 6 heteroatoms. The van der Waals surface area contributed by atoms with E-state index in [4.69, 9.17) is 0 Å². The normalized spacial score (nSPS) is 15.0. The van der Waals surface area contributed by atoms with Gasteiger partial charge in [-0.15, -0.1) is 0 Å². The van der Waals surface area contributed by atoms with E-state index in [1.807, 2.05) is 25.2 Å². The lowest BCUT2D eigenvalue weighted by atomic mass is 10.0. The zero-order valence-electron chi connectivity index (χ0n) is 14.4. The molecule has 1 saturated heterocycles. The number of rotatable bonds is 4. The van der Waals surface area contributed by atoms with Gasteiger partial charge in [-0.05, 0) is 42.7 Å². The lowest BCUT2D eigenvalue weighted by Crippen LogP contribution is -2.48. The van der Waals surface area contributed by atoms with Gasteiger partial charge >= 0.3 is 6.03 Å². The van der Waals surface area contributed by atoms with Crippen molar-refractivity contribution < 1.29 is 9.18 Å². The van der Waals surface area contributed by atoms with Crippen molar-refractivity contribution in [3.05, 3.63) is 60.0 Å². The molecule has 0 unspecified atom stereocenters. The zero-order chi connectivity index (χ0) is 17.6. The minimum Gasteiger partial charge on any atom is -0.356 e. The monoisotopic (exact) mass is 342 g/mol. The van der Waals surface area contributed by atoms with Crippen molar-refractivity contribution in [2.45, 2.75) is 25.4 Å². The maximum Gasteiger partial charge on any atom is 0.317 e. The van der Waals surface area contributed by atoms with Crippen LogP contribution in [0.5, 0.6) is 0 Å². The summed E-state index contributed by atoms with van der Waals surface area (Å²) in [5.74, 6) is 0.719. The fourth-order valence-corrected chi connectivity index (χ4v) is 3.09. The third-order valence-corrected chi connectivity index (χ3v) is 4.66. The number of urea groups is 1. The van der Waals surface area contributed by atoms with Crippen molar-refractivity contribution in [1.82, 2.24) is 15.2 Å². The van der Waals surface area contributed by atoms with Gasteiger partial charge in [0.2, 0.25) is 0 Å². The second kappa shape index (κ2) is 7.96. The number of benzene rings is 1. The average Bonchev–Trinajstić information content (AvgIpc) is 2.67.